The Kier molecular flexibility index (Phi) is 9.60. The van der Waals surface area contributed by atoms with Gasteiger partial charge in [0.15, 0.2) is 0 Å². The lowest BCUT2D eigenvalue weighted by Gasteiger charge is -2.12. The summed E-state index contributed by atoms with van der Waals surface area (Å²) in [6.45, 7) is 5.99. The van der Waals surface area contributed by atoms with E-state index in [0.29, 0.717) is 0 Å². The predicted octanol–water partition coefficient (Wildman–Crippen LogP) is 16.7. The maximum absolute atomic E-state index is 3.94. The standard InChI is InChI=1S/C61H44N2/c1-3-15-42(16-4-2)46-25-31-52(32-26-46)62-59-34-28-48(44-19-10-6-11-20-44)38-56(59)57-40-50(30-36-60(57)62)49-29-35-58-55(39-49)54-33-27-51(45-21-12-7-13-22-45)41-61(54)63(58)53-24-14-23-47(37-53)43-17-8-5-9-18-43/h3-41H,1H2,2H3/b16-4-,42-15+. The molecule has 2 nitrogen and oxygen atoms in total. The first-order valence-corrected chi connectivity index (χ1v) is 21.6. The molecule has 0 spiro atoms. The average molecular weight is 805 g/mol. The van der Waals surface area contributed by atoms with Crippen LogP contribution in [-0.4, -0.2) is 9.13 Å². The minimum absolute atomic E-state index is 1.12. The molecule has 11 aromatic rings. The molecule has 0 fully saturated rings. The van der Waals surface area contributed by atoms with Crippen molar-refractivity contribution >= 4 is 49.2 Å². The second-order valence-electron chi connectivity index (χ2n) is 16.2. The molecule has 2 heteroatoms. The predicted molar refractivity (Wildman–Crippen MR) is 270 cm³/mol. The molecule has 0 aliphatic carbocycles. The molecule has 0 N–H and O–H groups in total. The highest BCUT2D eigenvalue weighted by molar-refractivity contribution is 6.14. The topological polar surface area (TPSA) is 9.86 Å². The molecule has 0 atom stereocenters. The summed E-state index contributed by atoms with van der Waals surface area (Å²) in [6.07, 6.45) is 8.11. The fourth-order valence-electron chi connectivity index (χ4n) is 9.39. The third-order valence-electron chi connectivity index (χ3n) is 12.4. The Morgan fingerprint density at radius 2 is 0.810 bits per heavy atom. The van der Waals surface area contributed by atoms with Crippen molar-refractivity contribution in [1.29, 1.82) is 0 Å². The monoisotopic (exact) mass is 804 g/mol. The molecular weight excluding hydrogens is 761 g/mol. The van der Waals surface area contributed by atoms with Crippen LogP contribution in [0.5, 0.6) is 0 Å². The van der Waals surface area contributed by atoms with Gasteiger partial charge in [-0.3, -0.25) is 0 Å². The van der Waals surface area contributed by atoms with Crippen LogP contribution in [-0.2, 0) is 0 Å². The van der Waals surface area contributed by atoms with E-state index in [-0.39, 0.29) is 0 Å². The van der Waals surface area contributed by atoms with E-state index in [0.717, 1.165) is 22.5 Å². The van der Waals surface area contributed by atoms with E-state index in [1.807, 2.05) is 13.0 Å². The van der Waals surface area contributed by atoms with E-state index in [2.05, 4.69) is 246 Å². The molecule has 0 radical (unpaired) electrons. The molecule has 0 bridgehead atoms. The molecule has 298 valence electrons. The van der Waals surface area contributed by atoms with Gasteiger partial charge < -0.3 is 9.13 Å². The first-order chi connectivity index (χ1) is 31.1. The largest absolute Gasteiger partial charge is 0.309 e. The number of rotatable bonds is 9. The van der Waals surface area contributed by atoms with Crippen LogP contribution >= 0.6 is 0 Å². The molecule has 0 saturated carbocycles. The van der Waals surface area contributed by atoms with Gasteiger partial charge in [-0.25, -0.2) is 0 Å². The molecule has 0 aliphatic rings. The first-order valence-electron chi connectivity index (χ1n) is 21.6. The van der Waals surface area contributed by atoms with Crippen LogP contribution in [0.2, 0.25) is 0 Å². The van der Waals surface area contributed by atoms with Crippen molar-refractivity contribution < 1.29 is 0 Å². The summed E-state index contributed by atoms with van der Waals surface area (Å²) in [5, 5.41) is 4.90. The molecule has 11 rings (SSSR count). The van der Waals surface area contributed by atoms with Crippen LogP contribution in [0.3, 0.4) is 0 Å². The summed E-state index contributed by atoms with van der Waals surface area (Å²) in [6, 6.07) is 77.6. The SMILES string of the molecule is C=C/C=C(\C=C/C)c1ccc(-n2c3ccc(-c4ccccc4)cc3c3cc(-c4ccc5c(c4)c4ccc(-c6ccccc6)cc4n5-c4cccc(-c5ccccc5)c4)ccc32)cc1. The van der Waals surface area contributed by atoms with E-state index in [1.165, 1.54) is 88.1 Å². The highest BCUT2D eigenvalue weighted by atomic mass is 15.0. The van der Waals surface area contributed by atoms with E-state index in [4.69, 9.17) is 0 Å². The van der Waals surface area contributed by atoms with Crippen LogP contribution in [0, 0.1) is 0 Å². The lowest BCUT2D eigenvalue weighted by molar-refractivity contribution is 1.18. The Bertz CT molecular complexity index is 3550. The second kappa shape index (κ2) is 16.0. The van der Waals surface area contributed by atoms with Gasteiger partial charge in [0.1, 0.15) is 0 Å². The molecule has 0 amide bonds. The summed E-state index contributed by atoms with van der Waals surface area (Å²) in [7, 11) is 0. The highest BCUT2D eigenvalue weighted by Crippen LogP contribution is 2.41. The number of allylic oxidation sites excluding steroid dienone is 5. The highest BCUT2D eigenvalue weighted by Gasteiger charge is 2.18. The smallest absolute Gasteiger partial charge is 0.0547 e. The van der Waals surface area contributed by atoms with Gasteiger partial charge >= 0.3 is 0 Å². The Morgan fingerprint density at radius 1 is 0.365 bits per heavy atom. The fourth-order valence-corrected chi connectivity index (χ4v) is 9.39. The van der Waals surface area contributed by atoms with Gasteiger partial charge in [0.05, 0.1) is 22.1 Å². The molecular formula is C61H44N2. The van der Waals surface area contributed by atoms with Crippen molar-refractivity contribution in [2.75, 3.05) is 0 Å². The Morgan fingerprint density at radius 3 is 1.33 bits per heavy atom. The van der Waals surface area contributed by atoms with Gasteiger partial charge in [0.2, 0.25) is 0 Å². The lowest BCUT2D eigenvalue weighted by atomic mass is 9.99. The van der Waals surface area contributed by atoms with Crippen molar-refractivity contribution in [2.24, 2.45) is 0 Å². The maximum atomic E-state index is 3.94. The third-order valence-corrected chi connectivity index (χ3v) is 12.4. The molecule has 63 heavy (non-hydrogen) atoms. The molecule has 0 unspecified atom stereocenters. The van der Waals surface area contributed by atoms with Crippen LogP contribution < -0.4 is 0 Å². The van der Waals surface area contributed by atoms with Gasteiger partial charge in [0, 0.05) is 32.9 Å². The van der Waals surface area contributed by atoms with Gasteiger partial charge in [-0.15, -0.1) is 0 Å². The summed E-state index contributed by atoms with van der Waals surface area (Å²) in [5.41, 5.74) is 18.8. The van der Waals surface area contributed by atoms with Gasteiger partial charge in [-0.2, -0.15) is 0 Å². The molecule has 2 heterocycles. The van der Waals surface area contributed by atoms with Gasteiger partial charge in [-0.1, -0.05) is 176 Å². The van der Waals surface area contributed by atoms with Crippen molar-refractivity contribution in [2.45, 2.75) is 6.92 Å². The van der Waals surface area contributed by atoms with E-state index < -0.39 is 0 Å². The zero-order chi connectivity index (χ0) is 42.3. The quantitative estimate of drug-likeness (QED) is 0.129. The molecule has 0 saturated heterocycles. The number of hydrogen-bond acceptors (Lipinski definition) is 0. The summed E-state index contributed by atoms with van der Waals surface area (Å²) in [5.74, 6) is 0. The molecule has 2 aromatic heterocycles. The number of benzene rings is 9. The average Bonchev–Trinajstić information content (AvgIpc) is 3.86. The third kappa shape index (κ3) is 6.79. The first kappa shape index (κ1) is 37.8. The van der Waals surface area contributed by atoms with E-state index in [1.54, 1.807) is 0 Å². The van der Waals surface area contributed by atoms with E-state index >= 15 is 0 Å². The summed E-state index contributed by atoms with van der Waals surface area (Å²) in [4.78, 5) is 0. The van der Waals surface area contributed by atoms with Crippen LogP contribution in [0.15, 0.2) is 243 Å². The van der Waals surface area contributed by atoms with Gasteiger partial charge in [0.25, 0.3) is 0 Å². The number of nitrogens with zero attached hydrogens (tertiary/aromatic N) is 2. The molecule has 9 aromatic carbocycles. The van der Waals surface area contributed by atoms with Crippen LogP contribution in [0.4, 0.5) is 0 Å². The Hall–Kier alpha value is -8.20. The minimum atomic E-state index is 1.12. The number of fused-ring (bicyclic) bond motifs is 6. The van der Waals surface area contributed by atoms with Crippen molar-refractivity contribution in [3.05, 3.63) is 249 Å². The Labute approximate surface area is 368 Å². The zero-order valence-corrected chi connectivity index (χ0v) is 35.1. The van der Waals surface area contributed by atoms with Crippen LogP contribution in [0.1, 0.15) is 12.5 Å². The summed E-state index contributed by atoms with van der Waals surface area (Å²) < 4.78 is 4.85. The van der Waals surface area contributed by atoms with E-state index in [9.17, 15) is 0 Å². The number of hydrogen-bond donors (Lipinski definition) is 0. The number of aromatic nitrogens is 2. The van der Waals surface area contributed by atoms with Gasteiger partial charge in [-0.05, 0) is 129 Å². The fraction of sp³-hybridized carbons (Fsp3) is 0.0164. The van der Waals surface area contributed by atoms with Crippen molar-refractivity contribution in [1.82, 2.24) is 9.13 Å². The maximum Gasteiger partial charge on any atom is 0.0547 e. The Balaban J connectivity index is 1.09. The minimum Gasteiger partial charge on any atom is -0.309 e. The van der Waals surface area contributed by atoms with Crippen LogP contribution in [0.25, 0.3) is 105 Å². The second-order valence-corrected chi connectivity index (χ2v) is 16.2. The van der Waals surface area contributed by atoms with Crippen molar-refractivity contribution in [3.8, 4) is 55.9 Å². The van der Waals surface area contributed by atoms with Crippen molar-refractivity contribution in [3.63, 3.8) is 0 Å². The molecule has 0 aliphatic heterocycles. The zero-order valence-electron chi connectivity index (χ0n) is 35.1. The normalized spacial score (nSPS) is 12.0. The lowest BCUT2D eigenvalue weighted by Crippen LogP contribution is -1.95. The summed E-state index contributed by atoms with van der Waals surface area (Å²) >= 11 is 0.